The van der Waals surface area contributed by atoms with Crippen molar-refractivity contribution in [3.63, 3.8) is 0 Å². The van der Waals surface area contributed by atoms with Crippen molar-refractivity contribution in [1.82, 2.24) is 9.80 Å². The third kappa shape index (κ3) is 3.68. The van der Waals surface area contributed by atoms with Crippen LogP contribution in [0.15, 0.2) is 52.3 Å². The van der Waals surface area contributed by atoms with E-state index in [4.69, 9.17) is 11.6 Å². The highest BCUT2D eigenvalue weighted by Crippen LogP contribution is 2.43. The van der Waals surface area contributed by atoms with Gasteiger partial charge in [0.2, 0.25) is 0 Å². The molecule has 0 bridgehead atoms. The summed E-state index contributed by atoms with van der Waals surface area (Å²) in [5, 5.41) is 0.841. The summed E-state index contributed by atoms with van der Waals surface area (Å²) >= 11 is 8.28. The number of fused-ring (bicyclic) bond motifs is 2. The molecule has 0 aliphatic carbocycles. The number of hydrogen-bond acceptors (Lipinski definition) is 3. The highest BCUT2D eigenvalue weighted by atomic mass is 35.5. The molecule has 2 aromatic rings. The van der Waals surface area contributed by atoms with Gasteiger partial charge in [0.15, 0.2) is 0 Å². The first-order valence-corrected chi connectivity index (χ1v) is 10.7. The van der Waals surface area contributed by atoms with E-state index in [2.05, 4.69) is 67.0 Å². The maximum Gasteiger partial charge on any atom is 0.0410 e. The van der Waals surface area contributed by atoms with Crippen molar-refractivity contribution in [2.45, 2.75) is 48.6 Å². The number of benzene rings is 2. The van der Waals surface area contributed by atoms with Crippen molar-refractivity contribution in [1.29, 1.82) is 0 Å². The summed E-state index contributed by atoms with van der Waals surface area (Å²) in [5.41, 5.74) is 3.09. The Labute approximate surface area is 166 Å². The summed E-state index contributed by atoms with van der Waals surface area (Å²) in [7, 11) is 0. The lowest BCUT2D eigenvalue weighted by Crippen LogP contribution is -2.54. The van der Waals surface area contributed by atoms with Crippen molar-refractivity contribution in [2.24, 2.45) is 0 Å². The van der Waals surface area contributed by atoms with Gasteiger partial charge in [-0.25, -0.2) is 0 Å². The van der Waals surface area contributed by atoms with Crippen LogP contribution < -0.4 is 0 Å². The average Bonchev–Trinajstić information content (AvgIpc) is 2.77. The molecule has 2 aromatic carbocycles. The third-order valence-corrected chi connectivity index (χ3v) is 7.09. The van der Waals surface area contributed by atoms with E-state index in [1.54, 1.807) is 0 Å². The molecule has 0 amide bonds. The Morgan fingerprint density at radius 1 is 0.962 bits per heavy atom. The smallest absolute Gasteiger partial charge is 0.0410 e. The van der Waals surface area contributed by atoms with Gasteiger partial charge in [-0.15, -0.1) is 0 Å². The minimum absolute atomic E-state index is 0.249. The molecule has 0 spiro atoms. The number of rotatable bonds is 1. The van der Waals surface area contributed by atoms with Crippen molar-refractivity contribution < 1.29 is 0 Å². The fraction of sp³-hybridized carbons (Fsp3) is 0.455. The number of nitrogens with zero attached hydrogens (tertiary/aromatic N) is 2. The van der Waals surface area contributed by atoms with Gasteiger partial charge in [-0.2, -0.15) is 0 Å². The first-order valence-electron chi connectivity index (χ1n) is 9.46. The van der Waals surface area contributed by atoms with Crippen LogP contribution in [0.25, 0.3) is 0 Å². The van der Waals surface area contributed by atoms with Crippen LogP contribution in [-0.4, -0.2) is 41.5 Å². The van der Waals surface area contributed by atoms with E-state index in [-0.39, 0.29) is 5.54 Å². The first kappa shape index (κ1) is 18.4. The summed E-state index contributed by atoms with van der Waals surface area (Å²) < 4.78 is 0. The second kappa shape index (κ2) is 7.20. The highest BCUT2D eigenvalue weighted by Gasteiger charge is 2.32. The monoisotopic (exact) mass is 386 g/mol. The normalized spacial score (nSPS) is 21.8. The lowest BCUT2D eigenvalue weighted by Gasteiger charge is -2.44. The predicted molar refractivity (Wildman–Crippen MR) is 111 cm³/mol. The molecule has 1 fully saturated rings. The number of hydrogen-bond donors (Lipinski definition) is 0. The van der Waals surface area contributed by atoms with Crippen LogP contribution >= 0.6 is 23.4 Å². The molecule has 2 aliphatic heterocycles. The third-order valence-electron chi connectivity index (χ3n) is 5.64. The van der Waals surface area contributed by atoms with Gasteiger partial charge in [-0.3, -0.25) is 9.80 Å². The molecular formula is C22H27ClN2S. The van der Waals surface area contributed by atoms with Crippen LogP contribution in [0.3, 0.4) is 0 Å². The first-order chi connectivity index (χ1) is 12.4. The van der Waals surface area contributed by atoms with Gasteiger partial charge in [0.05, 0.1) is 0 Å². The zero-order valence-electron chi connectivity index (χ0n) is 15.8. The maximum atomic E-state index is 6.39. The molecule has 0 unspecified atom stereocenters. The molecule has 4 rings (SSSR count). The predicted octanol–water partition coefficient (Wildman–Crippen LogP) is 5.50. The second-order valence-electron chi connectivity index (χ2n) is 8.31. The number of halogens is 1. The minimum atomic E-state index is 0.249. The molecule has 2 heterocycles. The van der Waals surface area contributed by atoms with E-state index in [1.807, 2.05) is 17.8 Å². The van der Waals surface area contributed by atoms with E-state index in [0.717, 1.165) is 37.6 Å². The van der Waals surface area contributed by atoms with E-state index in [1.165, 1.54) is 20.9 Å². The molecule has 26 heavy (non-hydrogen) atoms. The van der Waals surface area contributed by atoms with Crippen molar-refractivity contribution in [2.75, 3.05) is 26.2 Å². The second-order valence-corrected chi connectivity index (χ2v) is 9.83. The van der Waals surface area contributed by atoms with E-state index >= 15 is 0 Å². The Bertz CT molecular complexity index is 791. The molecular weight excluding hydrogens is 360 g/mol. The van der Waals surface area contributed by atoms with E-state index in [9.17, 15) is 0 Å². The van der Waals surface area contributed by atoms with Crippen LogP contribution in [-0.2, 0) is 6.42 Å². The summed E-state index contributed by atoms with van der Waals surface area (Å²) in [6.07, 6.45) is 1.06. The van der Waals surface area contributed by atoms with Crippen LogP contribution in [0.1, 0.15) is 37.9 Å². The lowest BCUT2D eigenvalue weighted by atomic mass is 9.96. The quantitative estimate of drug-likeness (QED) is 0.638. The molecule has 2 aliphatic rings. The van der Waals surface area contributed by atoms with Gasteiger partial charge >= 0.3 is 0 Å². The Morgan fingerprint density at radius 2 is 1.69 bits per heavy atom. The fourth-order valence-electron chi connectivity index (χ4n) is 4.11. The topological polar surface area (TPSA) is 6.48 Å². The Hall–Kier alpha value is -1.00. The largest absolute Gasteiger partial charge is 0.296 e. The van der Waals surface area contributed by atoms with Gasteiger partial charge in [-0.05, 0) is 62.6 Å². The van der Waals surface area contributed by atoms with Gasteiger partial charge in [0.1, 0.15) is 0 Å². The van der Waals surface area contributed by atoms with Crippen LogP contribution in [0.4, 0.5) is 0 Å². The summed E-state index contributed by atoms with van der Waals surface area (Å²) in [4.78, 5) is 8.00. The van der Waals surface area contributed by atoms with E-state index < -0.39 is 0 Å². The molecule has 2 nitrogen and oxygen atoms in total. The lowest BCUT2D eigenvalue weighted by molar-refractivity contribution is 0.0410. The highest BCUT2D eigenvalue weighted by molar-refractivity contribution is 7.99. The zero-order chi connectivity index (χ0) is 18.3. The molecule has 138 valence electrons. The summed E-state index contributed by atoms with van der Waals surface area (Å²) in [6, 6.07) is 15.7. The van der Waals surface area contributed by atoms with Crippen molar-refractivity contribution in [3.05, 3.63) is 58.6 Å². The summed E-state index contributed by atoms with van der Waals surface area (Å²) in [6.45, 7) is 11.4. The van der Waals surface area contributed by atoms with Gasteiger partial charge in [0.25, 0.3) is 0 Å². The molecule has 1 atom stereocenters. The Kier molecular flexibility index (Phi) is 5.08. The van der Waals surface area contributed by atoms with Crippen LogP contribution in [0.5, 0.6) is 0 Å². The average molecular weight is 387 g/mol. The fourth-order valence-corrected chi connectivity index (χ4v) is 5.41. The standard InChI is InChI=1S/C22H27ClN2S/c1-22(2,3)25-12-10-24(11-13-25)19-14-16-6-4-5-7-20(16)26-21-9-8-17(23)15-18(19)21/h4-9,15,19H,10-14H2,1-3H3/t19-/m0/s1. The van der Waals surface area contributed by atoms with Gasteiger partial charge in [-0.1, -0.05) is 41.6 Å². The Morgan fingerprint density at radius 3 is 2.42 bits per heavy atom. The minimum Gasteiger partial charge on any atom is -0.296 e. The van der Waals surface area contributed by atoms with E-state index in [0.29, 0.717) is 6.04 Å². The SMILES string of the molecule is CC(C)(C)N1CCN([C@H]2Cc3ccccc3Sc3ccc(Cl)cc32)CC1. The molecule has 1 saturated heterocycles. The molecule has 0 radical (unpaired) electrons. The molecule has 0 N–H and O–H groups in total. The number of piperazine rings is 1. The van der Waals surface area contributed by atoms with Gasteiger partial charge < -0.3 is 0 Å². The van der Waals surface area contributed by atoms with Gasteiger partial charge in [0, 0.05) is 52.6 Å². The summed E-state index contributed by atoms with van der Waals surface area (Å²) in [5.74, 6) is 0. The molecule has 0 saturated carbocycles. The molecule has 4 heteroatoms. The van der Waals surface area contributed by atoms with Crippen molar-refractivity contribution in [3.8, 4) is 0 Å². The van der Waals surface area contributed by atoms with Crippen molar-refractivity contribution >= 4 is 23.4 Å². The Balaban J connectivity index is 1.66. The maximum absolute atomic E-state index is 6.39. The van der Waals surface area contributed by atoms with Crippen LogP contribution in [0.2, 0.25) is 5.02 Å². The zero-order valence-corrected chi connectivity index (χ0v) is 17.4. The molecule has 0 aromatic heterocycles. The van der Waals surface area contributed by atoms with Crippen LogP contribution in [0, 0.1) is 0 Å².